The zero-order valence-corrected chi connectivity index (χ0v) is 16.2. The summed E-state index contributed by atoms with van der Waals surface area (Å²) >= 11 is 1.73. The standard InChI is InChI=1S/C19H24BNO3S/c1-13(22)21-12-16(20-23-18(2,3)19(4,5)24-20)11-14-6-7-17-15(10-14)8-9-25-17/h6-11H,12H2,1-5H3,(H,21,22). The van der Waals surface area contributed by atoms with Crippen LogP contribution in [0.1, 0.15) is 40.2 Å². The van der Waals surface area contributed by atoms with Gasteiger partial charge in [0.2, 0.25) is 5.91 Å². The van der Waals surface area contributed by atoms with Crippen molar-refractivity contribution in [3.05, 3.63) is 40.7 Å². The summed E-state index contributed by atoms with van der Waals surface area (Å²) in [7, 11) is -0.477. The summed E-state index contributed by atoms with van der Waals surface area (Å²) in [6, 6.07) is 8.45. The van der Waals surface area contributed by atoms with Gasteiger partial charge in [0, 0.05) is 18.2 Å². The highest BCUT2D eigenvalue weighted by atomic mass is 32.1. The fourth-order valence-electron chi connectivity index (χ4n) is 2.71. The number of nitrogens with one attached hydrogen (secondary N) is 1. The van der Waals surface area contributed by atoms with Gasteiger partial charge >= 0.3 is 7.12 Å². The van der Waals surface area contributed by atoms with E-state index in [1.807, 2.05) is 27.7 Å². The molecule has 1 aliphatic rings. The maximum absolute atomic E-state index is 11.4. The number of fused-ring (bicyclic) bond motifs is 1. The Bertz CT molecular complexity index is 809. The minimum absolute atomic E-state index is 0.0734. The van der Waals surface area contributed by atoms with E-state index in [0.29, 0.717) is 6.54 Å². The van der Waals surface area contributed by atoms with Crippen molar-refractivity contribution in [2.24, 2.45) is 0 Å². The number of carbonyl (C=O) groups excluding carboxylic acids is 1. The first-order valence-corrected chi connectivity index (χ1v) is 9.34. The fourth-order valence-corrected chi connectivity index (χ4v) is 3.48. The van der Waals surface area contributed by atoms with E-state index in [2.05, 4.69) is 41.0 Å². The molecule has 0 spiro atoms. The minimum atomic E-state index is -0.477. The van der Waals surface area contributed by atoms with Crippen molar-refractivity contribution in [2.75, 3.05) is 6.54 Å². The number of benzene rings is 1. The quantitative estimate of drug-likeness (QED) is 0.840. The third kappa shape index (κ3) is 3.81. The lowest BCUT2D eigenvalue weighted by Crippen LogP contribution is -2.41. The Balaban J connectivity index is 1.92. The Morgan fingerprint density at radius 2 is 1.88 bits per heavy atom. The summed E-state index contributed by atoms with van der Waals surface area (Å²) in [5, 5.41) is 6.17. The minimum Gasteiger partial charge on any atom is -0.400 e. The number of rotatable bonds is 4. The molecule has 1 saturated heterocycles. The summed E-state index contributed by atoms with van der Waals surface area (Å²) in [5.74, 6) is -0.0734. The predicted octanol–water partition coefficient (Wildman–Crippen LogP) is 4.05. The highest BCUT2D eigenvalue weighted by molar-refractivity contribution is 7.17. The lowest BCUT2D eigenvalue weighted by atomic mass is 9.77. The second-order valence-corrected chi connectivity index (χ2v) is 8.38. The molecular weight excluding hydrogens is 333 g/mol. The van der Waals surface area contributed by atoms with Gasteiger partial charge in [-0.3, -0.25) is 4.79 Å². The Kier molecular flexibility index (Phi) is 4.79. The largest absolute Gasteiger partial charge is 0.492 e. The van der Waals surface area contributed by atoms with Gasteiger partial charge < -0.3 is 14.6 Å². The van der Waals surface area contributed by atoms with Crippen molar-refractivity contribution < 1.29 is 14.1 Å². The molecule has 1 fully saturated rings. The van der Waals surface area contributed by atoms with Gasteiger partial charge in [-0.2, -0.15) is 0 Å². The van der Waals surface area contributed by atoms with Crippen LogP contribution in [0.4, 0.5) is 0 Å². The van der Waals surface area contributed by atoms with Gasteiger partial charge in [0.1, 0.15) is 0 Å². The van der Waals surface area contributed by atoms with E-state index in [9.17, 15) is 4.79 Å². The molecule has 1 aliphatic heterocycles. The van der Waals surface area contributed by atoms with Crippen LogP contribution in [0, 0.1) is 0 Å². The number of hydrogen-bond acceptors (Lipinski definition) is 4. The average Bonchev–Trinajstić information content (AvgIpc) is 3.05. The second-order valence-electron chi connectivity index (χ2n) is 7.44. The summed E-state index contributed by atoms with van der Waals surface area (Å²) in [5.41, 5.74) is 1.15. The van der Waals surface area contributed by atoms with Crippen LogP contribution in [-0.2, 0) is 14.1 Å². The molecule has 0 bridgehead atoms. The first kappa shape index (κ1) is 18.2. The predicted molar refractivity (Wildman–Crippen MR) is 105 cm³/mol. The second kappa shape index (κ2) is 6.59. The third-order valence-electron chi connectivity index (χ3n) is 4.93. The number of carbonyl (C=O) groups is 1. The lowest BCUT2D eigenvalue weighted by molar-refractivity contribution is -0.118. The van der Waals surface area contributed by atoms with E-state index in [0.717, 1.165) is 11.0 Å². The van der Waals surface area contributed by atoms with Gasteiger partial charge in [-0.25, -0.2) is 0 Å². The molecule has 0 aliphatic carbocycles. The van der Waals surface area contributed by atoms with Gasteiger partial charge in [0.15, 0.2) is 0 Å². The van der Waals surface area contributed by atoms with E-state index >= 15 is 0 Å². The molecule has 1 N–H and O–H groups in total. The zero-order chi connectivity index (χ0) is 18.2. The van der Waals surface area contributed by atoms with E-state index in [1.165, 1.54) is 17.0 Å². The monoisotopic (exact) mass is 357 g/mol. The van der Waals surface area contributed by atoms with E-state index < -0.39 is 18.3 Å². The topological polar surface area (TPSA) is 47.6 Å². The van der Waals surface area contributed by atoms with Crippen molar-refractivity contribution in [2.45, 2.75) is 45.8 Å². The van der Waals surface area contributed by atoms with Crippen LogP contribution in [-0.4, -0.2) is 30.8 Å². The molecule has 2 heterocycles. The van der Waals surface area contributed by atoms with Gasteiger partial charge in [0.25, 0.3) is 0 Å². The van der Waals surface area contributed by atoms with E-state index in [4.69, 9.17) is 9.31 Å². The van der Waals surface area contributed by atoms with E-state index in [1.54, 1.807) is 11.3 Å². The molecular formula is C19H24BNO3S. The molecule has 6 heteroatoms. The van der Waals surface area contributed by atoms with Crippen molar-refractivity contribution in [3.8, 4) is 0 Å². The maximum Gasteiger partial charge on any atom is 0.492 e. The number of hydrogen-bond donors (Lipinski definition) is 1. The molecule has 4 nitrogen and oxygen atoms in total. The van der Waals surface area contributed by atoms with Gasteiger partial charge in [-0.05, 0) is 67.7 Å². The number of thiophene rings is 1. The van der Waals surface area contributed by atoms with Crippen molar-refractivity contribution in [1.29, 1.82) is 0 Å². The molecule has 2 aromatic rings. The first-order chi connectivity index (χ1) is 11.7. The molecule has 0 saturated carbocycles. The Morgan fingerprint density at radius 3 is 2.52 bits per heavy atom. The van der Waals surface area contributed by atoms with Crippen LogP contribution >= 0.6 is 11.3 Å². The summed E-state index contributed by atoms with van der Waals surface area (Å²) in [6.07, 6.45) is 2.05. The molecule has 0 atom stereocenters. The third-order valence-corrected chi connectivity index (χ3v) is 5.82. The van der Waals surface area contributed by atoms with Crippen molar-refractivity contribution in [3.63, 3.8) is 0 Å². The van der Waals surface area contributed by atoms with Gasteiger partial charge in [-0.15, -0.1) is 11.3 Å². The van der Waals surface area contributed by atoms with Crippen LogP contribution in [0.15, 0.2) is 35.1 Å². The Hall–Kier alpha value is -1.63. The first-order valence-electron chi connectivity index (χ1n) is 8.46. The average molecular weight is 357 g/mol. The van der Waals surface area contributed by atoms with Crippen LogP contribution in [0.2, 0.25) is 0 Å². The fraction of sp³-hybridized carbons (Fsp3) is 0.421. The summed E-state index contributed by atoms with van der Waals surface area (Å²) in [6.45, 7) is 10.0. The molecule has 132 valence electrons. The summed E-state index contributed by atoms with van der Waals surface area (Å²) < 4.78 is 13.6. The zero-order valence-electron chi connectivity index (χ0n) is 15.4. The highest BCUT2D eigenvalue weighted by Gasteiger charge is 2.52. The molecule has 0 unspecified atom stereocenters. The smallest absolute Gasteiger partial charge is 0.400 e. The van der Waals surface area contributed by atoms with Crippen molar-refractivity contribution >= 4 is 40.5 Å². The molecule has 1 aromatic carbocycles. The molecule has 0 radical (unpaired) electrons. The molecule has 25 heavy (non-hydrogen) atoms. The lowest BCUT2D eigenvalue weighted by Gasteiger charge is -2.32. The Morgan fingerprint density at radius 1 is 1.20 bits per heavy atom. The van der Waals surface area contributed by atoms with Gasteiger partial charge in [-0.1, -0.05) is 12.1 Å². The van der Waals surface area contributed by atoms with Crippen LogP contribution < -0.4 is 5.32 Å². The molecule has 1 aromatic heterocycles. The summed E-state index contributed by atoms with van der Waals surface area (Å²) in [4.78, 5) is 11.4. The van der Waals surface area contributed by atoms with Gasteiger partial charge in [0.05, 0.1) is 11.2 Å². The highest BCUT2D eigenvalue weighted by Crippen LogP contribution is 2.38. The normalized spacial score (nSPS) is 19.4. The SMILES string of the molecule is CC(=O)NCC(=Cc1ccc2sccc2c1)B1OC(C)(C)C(C)(C)O1. The Labute approximate surface area is 153 Å². The van der Waals surface area contributed by atoms with Crippen molar-refractivity contribution in [1.82, 2.24) is 5.32 Å². The van der Waals surface area contributed by atoms with Crippen LogP contribution in [0.25, 0.3) is 16.2 Å². The maximum atomic E-state index is 11.4. The number of amides is 1. The molecule has 1 amide bonds. The van der Waals surface area contributed by atoms with Crippen LogP contribution in [0.3, 0.4) is 0 Å². The molecule has 3 rings (SSSR count). The van der Waals surface area contributed by atoms with Crippen LogP contribution in [0.5, 0.6) is 0 Å². The van der Waals surface area contributed by atoms with E-state index in [-0.39, 0.29) is 5.91 Å².